The normalized spacial score (nSPS) is 23.6. The lowest BCUT2D eigenvalue weighted by Crippen LogP contribution is -2.42. The third-order valence-corrected chi connectivity index (χ3v) is 6.49. The van der Waals surface area contributed by atoms with E-state index in [9.17, 15) is 13.2 Å². The lowest BCUT2D eigenvalue weighted by Gasteiger charge is -2.30. The number of carbonyl (C=O) groups is 1. The summed E-state index contributed by atoms with van der Waals surface area (Å²) in [7, 11) is -2.89. The van der Waals surface area contributed by atoms with Gasteiger partial charge in [0, 0.05) is 6.42 Å². The van der Waals surface area contributed by atoms with Crippen LogP contribution >= 0.6 is 0 Å². The number of rotatable bonds is 5. The number of H-pyrrole nitrogens is 1. The van der Waals surface area contributed by atoms with Gasteiger partial charge in [-0.25, -0.2) is 8.42 Å². The van der Waals surface area contributed by atoms with Gasteiger partial charge in [-0.3, -0.25) is 4.79 Å². The molecule has 9 heteroatoms. The van der Waals surface area contributed by atoms with Gasteiger partial charge in [0.2, 0.25) is 5.91 Å². The Morgan fingerprint density at radius 3 is 2.59 bits per heavy atom. The molecule has 122 valence electrons. The third-order valence-electron chi connectivity index (χ3n) is 4.53. The SMILES string of the molecule is O=C(CC1CS(=O)(=O)C1)NC(c1nn[nH]n1)C1CCCCC1. The van der Waals surface area contributed by atoms with Crippen LogP contribution in [0.4, 0.5) is 0 Å². The fraction of sp³-hybridized carbons (Fsp3) is 0.846. The van der Waals surface area contributed by atoms with E-state index in [-0.39, 0.29) is 35.8 Å². The van der Waals surface area contributed by atoms with Crippen LogP contribution in [0.2, 0.25) is 0 Å². The van der Waals surface area contributed by atoms with E-state index in [0.29, 0.717) is 11.7 Å². The van der Waals surface area contributed by atoms with Crippen LogP contribution in [0.5, 0.6) is 0 Å². The highest BCUT2D eigenvalue weighted by molar-refractivity contribution is 7.92. The van der Waals surface area contributed by atoms with Gasteiger partial charge >= 0.3 is 0 Å². The summed E-state index contributed by atoms with van der Waals surface area (Å²) >= 11 is 0. The predicted molar refractivity (Wildman–Crippen MR) is 78.4 cm³/mol. The Kier molecular flexibility index (Phi) is 4.42. The molecule has 1 amide bonds. The van der Waals surface area contributed by atoms with E-state index in [1.54, 1.807) is 0 Å². The topological polar surface area (TPSA) is 118 Å². The van der Waals surface area contributed by atoms with Gasteiger partial charge in [0.25, 0.3) is 0 Å². The minimum Gasteiger partial charge on any atom is -0.346 e. The molecule has 1 aromatic rings. The van der Waals surface area contributed by atoms with Gasteiger partial charge in [0.1, 0.15) is 0 Å². The molecule has 22 heavy (non-hydrogen) atoms. The van der Waals surface area contributed by atoms with Crippen LogP contribution in [0.15, 0.2) is 0 Å². The second-order valence-electron chi connectivity index (χ2n) is 6.36. The first-order valence-electron chi connectivity index (χ1n) is 7.76. The number of aromatic nitrogens is 4. The summed E-state index contributed by atoms with van der Waals surface area (Å²) in [5, 5.41) is 17.1. The molecule has 1 aliphatic carbocycles. The maximum atomic E-state index is 12.2. The molecule has 1 aromatic heterocycles. The van der Waals surface area contributed by atoms with E-state index >= 15 is 0 Å². The summed E-state index contributed by atoms with van der Waals surface area (Å²) in [5.74, 6) is 0.900. The number of hydrogen-bond acceptors (Lipinski definition) is 6. The van der Waals surface area contributed by atoms with Gasteiger partial charge in [-0.15, -0.1) is 10.2 Å². The van der Waals surface area contributed by atoms with E-state index < -0.39 is 9.84 Å². The Bertz CT molecular complexity index is 598. The molecule has 1 saturated heterocycles. The summed E-state index contributed by atoms with van der Waals surface area (Å²) in [6.07, 6.45) is 5.85. The lowest BCUT2D eigenvalue weighted by atomic mass is 9.83. The van der Waals surface area contributed by atoms with Crippen molar-refractivity contribution in [1.29, 1.82) is 0 Å². The molecule has 0 radical (unpaired) electrons. The molecule has 3 rings (SSSR count). The molecule has 1 aliphatic heterocycles. The van der Waals surface area contributed by atoms with Gasteiger partial charge in [-0.2, -0.15) is 5.21 Å². The largest absolute Gasteiger partial charge is 0.346 e. The van der Waals surface area contributed by atoms with Gasteiger partial charge in [0.05, 0.1) is 17.5 Å². The van der Waals surface area contributed by atoms with Gasteiger partial charge in [-0.1, -0.05) is 24.5 Å². The Morgan fingerprint density at radius 2 is 2.00 bits per heavy atom. The predicted octanol–water partition coefficient (Wildman–Crippen LogP) is 0.372. The maximum Gasteiger partial charge on any atom is 0.220 e. The van der Waals surface area contributed by atoms with E-state index in [0.717, 1.165) is 25.7 Å². The zero-order valence-corrected chi connectivity index (χ0v) is 13.2. The Labute approximate surface area is 129 Å². The number of nitrogens with zero attached hydrogens (tertiary/aromatic N) is 3. The molecule has 2 aliphatic rings. The fourth-order valence-corrected chi connectivity index (χ4v) is 5.02. The first-order chi connectivity index (χ1) is 10.5. The van der Waals surface area contributed by atoms with Crippen molar-refractivity contribution in [3.63, 3.8) is 0 Å². The van der Waals surface area contributed by atoms with Crippen molar-refractivity contribution in [2.75, 3.05) is 11.5 Å². The quantitative estimate of drug-likeness (QED) is 0.807. The number of nitrogens with one attached hydrogen (secondary N) is 2. The van der Waals surface area contributed by atoms with Crippen LogP contribution in [0.25, 0.3) is 0 Å². The number of amides is 1. The molecule has 0 spiro atoms. The number of hydrogen-bond donors (Lipinski definition) is 2. The average Bonchev–Trinajstić information content (AvgIpc) is 2.97. The smallest absolute Gasteiger partial charge is 0.220 e. The van der Waals surface area contributed by atoms with Crippen LogP contribution in [0, 0.1) is 11.8 Å². The highest BCUT2D eigenvalue weighted by atomic mass is 32.2. The van der Waals surface area contributed by atoms with Gasteiger partial charge in [0.15, 0.2) is 15.7 Å². The van der Waals surface area contributed by atoms with Crippen LogP contribution < -0.4 is 5.32 Å². The highest BCUT2D eigenvalue weighted by Crippen LogP contribution is 2.33. The van der Waals surface area contributed by atoms with Crippen LogP contribution in [-0.2, 0) is 14.6 Å². The summed E-state index contributed by atoms with van der Waals surface area (Å²) < 4.78 is 22.3. The molecule has 0 bridgehead atoms. The molecule has 1 saturated carbocycles. The second-order valence-corrected chi connectivity index (χ2v) is 8.51. The number of tetrazole rings is 1. The number of sulfone groups is 1. The van der Waals surface area contributed by atoms with E-state index in [4.69, 9.17) is 0 Å². The summed E-state index contributed by atoms with van der Waals surface area (Å²) in [6, 6.07) is -0.233. The minimum atomic E-state index is -2.89. The molecule has 0 aromatic carbocycles. The van der Waals surface area contributed by atoms with Crippen molar-refractivity contribution in [2.24, 2.45) is 11.8 Å². The van der Waals surface area contributed by atoms with Crippen molar-refractivity contribution in [3.8, 4) is 0 Å². The number of carbonyl (C=O) groups excluding carboxylic acids is 1. The fourth-order valence-electron chi connectivity index (χ4n) is 3.44. The summed E-state index contributed by atoms with van der Waals surface area (Å²) in [5.41, 5.74) is 0. The highest BCUT2D eigenvalue weighted by Gasteiger charge is 2.36. The van der Waals surface area contributed by atoms with E-state index in [1.165, 1.54) is 6.42 Å². The van der Waals surface area contributed by atoms with Crippen LogP contribution in [0.1, 0.15) is 50.4 Å². The molecule has 2 N–H and O–H groups in total. The van der Waals surface area contributed by atoms with Crippen molar-refractivity contribution in [1.82, 2.24) is 25.9 Å². The van der Waals surface area contributed by atoms with Crippen molar-refractivity contribution >= 4 is 15.7 Å². The Morgan fingerprint density at radius 1 is 1.27 bits per heavy atom. The first-order valence-corrected chi connectivity index (χ1v) is 9.59. The van der Waals surface area contributed by atoms with E-state index in [1.807, 2.05) is 0 Å². The molecule has 2 heterocycles. The standard InChI is InChI=1S/C13H21N5O3S/c19-11(6-9-7-22(20,21)8-9)14-12(13-15-17-18-16-13)10-4-2-1-3-5-10/h9-10,12H,1-8H2,(H,14,19)(H,15,16,17,18). The molecule has 1 unspecified atom stereocenters. The van der Waals surface area contributed by atoms with Gasteiger partial charge in [-0.05, 0) is 24.7 Å². The van der Waals surface area contributed by atoms with Crippen molar-refractivity contribution < 1.29 is 13.2 Å². The Hall–Kier alpha value is -1.51. The molecule has 2 fully saturated rings. The first kappa shape index (κ1) is 15.4. The summed E-state index contributed by atoms with van der Waals surface area (Å²) in [6.45, 7) is 0. The van der Waals surface area contributed by atoms with Crippen molar-refractivity contribution in [3.05, 3.63) is 5.82 Å². The molecular formula is C13H21N5O3S. The maximum absolute atomic E-state index is 12.2. The van der Waals surface area contributed by atoms with Gasteiger partial charge < -0.3 is 5.32 Å². The molecule has 8 nitrogen and oxygen atoms in total. The minimum absolute atomic E-state index is 0.0535. The third kappa shape index (κ3) is 3.63. The zero-order valence-electron chi connectivity index (χ0n) is 12.4. The monoisotopic (exact) mass is 327 g/mol. The van der Waals surface area contributed by atoms with E-state index in [2.05, 4.69) is 25.9 Å². The van der Waals surface area contributed by atoms with Crippen LogP contribution in [-0.4, -0.2) is 46.5 Å². The van der Waals surface area contributed by atoms with Crippen molar-refractivity contribution in [2.45, 2.75) is 44.6 Å². The number of aromatic amines is 1. The Balaban J connectivity index is 1.61. The summed E-state index contributed by atoms with van der Waals surface area (Å²) in [4.78, 5) is 12.2. The molecular weight excluding hydrogens is 306 g/mol. The average molecular weight is 327 g/mol. The molecule has 1 atom stereocenters. The lowest BCUT2D eigenvalue weighted by molar-refractivity contribution is -0.123. The second kappa shape index (κ2) is 6.31. The van der Waals surface area contributed by atoms with Crippen LogP contribution in [0.3, 0.4) is 0 Å². The zero-order chi connectivity index (χ0) is 15.6.